The van der Waals surface area contributed by atoms with Crippen molar-refractivity contribution in [1.82, 2.24) is 10.6 Å². The normalized spacial score (nSPS) is 12.0. The summed E-state index contributed by atoms with van der Waals surface area (Å²) < 4.78 is -1.95. The maximum Gasteiger partial charge on any atom is 0.271 e. The number of alkyl halides is 3. The van der Waals surface area contributed by atoms with E-state index in [1.165, 1.54) is 30.3 Å². The first-order valence-corrected chi connectivity index (χ1v) is 9.43. The molecule has 7 nitrogen and oxygen atoms in total. The Bertz CT molecular complexity index is 890. The molecule has 0 radical (unpaired) electrons. The topological polar surface area (TPSA) is 96.3 Å². The van der Waals surface area contributed by atoms with E-state index in [1.807, 2.05) is 0 Å². The Morgan fingerprint density at radius 2 is 1.75 bits per heavy atom. The molecule has 0 aliphatic rings. The monoisotopic (exact) mass is 480 g/mol. The maximum atomic E-state index is 12.4. The summed E-state index contributed by atoms with van der Waals surface area (Å²) in [6, 6.07) is 11.8. The number of amides is 1. The van der Waals surface area contributed by atoms with Gasteiger partial charge in [0.05, 0.1) is 4.92 Å². The van der Waals surface area contributed by atoms with Crippen molar-refractivity contribution in [3.63, 3.8) is 0 Å². The van der Waals surface area contributed by atoms with E-state index in [0.717, 1.165) is 0 Å². The first kappa shape index (κ1) is 22.4. The van der Waals surface area contributed by atoms with E-state index in [2.05, 4.69) is 16.0 Å². The fourth-order valence-electron chi connectivity index (χ4n) is 2.01. The third kappa shape index (κ3) is 6.65. The van der Waals surface area contributed by atoms with Crippen LogP contribution in [0.3, 0.4) is 0 Å². The molecule has 0 aliphatic carbocycles. The van der Waals surface area contributed by atoms with Crippen LogP contribution in [0, 0.1) is 10.1 Å². The Labute approximate surface area is 185 Å². The molecular weight excluding hydrogens is 470 g/mol. The number of hydrogen-bond acceptors (Lipinski definition) is 4. The van der Waals surface area contributed by atoms with Gasteiger partial charge in [-0.15, -0.1) is 0 Å². The average Bonchev–Trinajstić information content (AvgIpc) is 2.61. The van der Waals surface area contributed by atoms with Gasteiger partial charge in [0.25, 0.3) is 11.6 Å². The van der Waals surface area contributed by atoms with Crippen molar-refractivity contribution in [2.24, 2.45) is 0 Å². The van der Waals surface area contributed by atoms with Crippen LogP contribution in [0.2, 0.25) is 5.02 Å². The second kappa shape index (κ2) is 9.58. The van der Waals surface area contributed by atoms with Crippen LogP contribution in [-0.2, 0) is 0 Å². The number of carbonyl (C=O) groups excluding carboxylic acids is 1. The van der Waals surface area contributed by atoms with Crippen LogP contribution in [0.4, 0.5) is 11.4 Å². The lowest BCUT2D eigenvalue weighted by Crippen LogP contribution is -2.56. The van der Waals surface area contributed by atoms with Crippen LogP contribution in [0.25, 0.3) is 0 Å². The second-order valence-corrected chi connectivity index (χ2v) is 8.57. The lowest BCUT2D eigenvalue weighted by atomic mass is 10.2. The standard InChI is InChI=1S/C16H12Cl4N4O3S/c17-10-6-4-9(5-7-10)13(25)22-14(16(18,19)20)23-15(28)21-11-2-1-3-12(8-11)24(26)27/h1-8,14H,(H,22,25)(H2,21,23,28). The molecule has 148 valence electrons. The molecule has 2 aromatic carbocycles. The molecule has 0 saturated carbocycles. The Morgan fingerprint density at radius 3 is 2.32 bits per heavy atom. The summed E-state index contributed by atoms with van der Waals surface area (Å²) in [6.07, 6.45) is -1.20. The number of nitrogens with one attached hydrogen (secondary N) is 3. The molecular formula is C16H12Cl4N4O3S. The smallest absolute Gasteiger partial charge is 0.271 e. The van der Waals surface area contributed by atoms with Gasteiger partial charge >= 0.3 is 0 Å². The molecule has 3 N–H and O–H groups in total. The molecule has 1 amide bonds. The summed E-state index contributed by atoms with van der Waals surface area (Å²) in [5.74, 6) is -0.529. The molecule has 1 atom stereocenters. The van der Waals surface area contributed by atoms with Gasteiger partial charge in [0.2, 0.25) is 3.79 Å². The highest BCUT2D eigenvalue weighted by atomic mass is 35.6. The Hall–Kier alpha value is -1.84. The summed E-state index contributed by atoms with van der Waals surface area (Å²) in [7, 11) is 0. The third-order valence-corrected chi connectivity index (χ3v) is 4.43. The minimum Gasteiger partial charge on any atom is -0.339 e. The van der Waals surface area contributed by atoms with Crippen molar-refractivity contribution >= 4 is 81.0 Å². The Morgan fingerprint density at radius 1 is 1.11 bits per heavy atom. The molecule has 12 heteroatoms. The summed E-state index contributed by atoms with van der Waals surface area (Å²) in [4.78, 5) is 22.7. The molecule has 0 heterocycles. The highest BCUT2D eigenvalue weighted by Crippen LogP contribution is 2.29. The van der Waals surface area contributed by atoms with Gasteiger partial charge in [-0.05, 0) is 42.5 Å². The van der Waals surface area contributed by atoms with Crippen LogP contribution in [0.15, 0.2) is 48.5 Å². The molecule has 0 aliphatic heterocycles. The van der Waals surface area contributed by atoms with Crippen molar-refractivity contribution in [2.45, 2.75) is 9.96 Å². The third-order valence-electron chi connectivity index (χ3n) is 3.30. The number of non-ortho nitro benzene ring substituents is 1. The first-order valence-electron chi connectivity index (χ1n) is 7.51. The lowest BCUT2D eigenvalue weighted by molar-refractivity contribution is -0.384. The van der Waals surface area contributed by atoms with E-state index in [1.54, 1.807) is 18.2 Å². The molecule has 0 spiro atoms. The van der Waals surface area contributed by atoms with Crippen LogP contribution >= 0.6 is 58.6 Å². The van der Waals surface area contributed by atoms with Gasteiger partial charge in [0.15, 0.2) is 5.11 Å². The summed E-state index contributed by atoms with van der Waals surface area (Å²) in [6.45, 7) is 0. The number of nitro benzene ring substituents is 1. The highest BCUT2D eigenvalue weighted by Gasteiger charge is 2.35. The van der Waals surface area contributed by atoms with E-state index in [0.29, 0.717) is 16.3 Å². The quantitative estimate of drug-likeness (QED) is 0.189. The lowest BCUT2D eigenvalue weighted by Gasteiger charge is -2.27. The minimum absolute atomic E-state index is 0.0202. The van der Waals surface area contributed by atoms with Gasteiger partial charge < -0.3 is 16.0 Å². The van der Waals surface area contributed by atoms with E-state index in [-0.39, 0.29) is 10.8 Å². The number of rotatable bonds is 5. The van der Waals surface area contributed by atoms with Gasteiger partial charge in [0, 0.05) is 28.4 Å². The largest absolute Gasteiger partial charge is 0.339 e. The van der Waals surface area contributed by atoms with E-state index < -0.39 is 20.8 Å². The maximum absolute atomic E-state index is 12.4. The second-order valence-electron chi connectivity index (χ2n) is 5.36. The fraction of sp³-hybridized carbons (Fsp3) is 0.125. The van der Waals surface area contributed by atoms with Gasteiger partial charge in [-0.1, -0.05) is 52.5 Å². The number of halogens is 4. The summed E-state index contributed by atoms with van der Waals surface area (Å²) >= 11 is 28.7. The van der Waals surface area contributed by atoms with E-state index in [9.17, 15) is 14.9 Å². The Balaban J connectivity index is 2.08. The van der Waals surface area contributed by atoms with Crippen LogP contribution < -0.4 is 16.0 Å². The number of anilines is 1. The van der Waals surface area contributed by atoms with Crippen molar-refractivity contribution in [3.05, 3.63) is 69.2 Å². The zero-order valence-electron chi connectivity index (χ0n) is 13.8. The SMILES string of the molecule is O=C(NC(NC(=S)Nc1cccc([N+](=O)[O-])c1)C(Cl)(Cl)Cl)c1ccc(Cl)cc1. The first-order chi connectivity index (χ1) is 13.1. The summed E-state index contributed by atoms with van der Waals surface area (Å²) in [5.41, 5.74) is 0.517. The zero-order valence-corrected chi connectivity index (χ0v) is 17.6. The number of benzene rings is 2. The van der Waals surface area contributed by atoms with Gasteiger partial charge in [-0.25, -0.2) is 0 Å². The van der Waals surface area contributed by atoms with Crippen molar-refractivity contribution in [2.75, 3.05) is 5.32 Å². The summed E-state index contributed by atoms with van der Waals surface area (Å²) in [5, 5.41) is 19.2. The van der Waals surface area contributed by atoms with E-state index in [4.69, 9.17) is 58.6 Å². The predicted molar refractivity (Wildman–Crippen MR) is 115 cm³/mol. The van der Waals surface area contributed by atoms with E-state index >= 15 is 0 Å². The molecule has 1 unspecified atom stereocenters. The number of hydrogen-bond donors (Lipinski definition) is 3. The number of nitrogens with zero attached hydrogens (tertiary/aromatic N) is 1. The molecule has 28 heavy (non-hydrogen) atoms. The molecule has 0 aromatic heterocycles. The van der Waals surface area contributed by atoms with Gasteiger partial charge in [-0.2, -0.15) is 0 Å². The number of thiocarbonyl (C=S) groups is 1. The Kier molecular flexibility index (Phi) is 7.68. The fourth-order valence-corrected chi connectivity index (χ4v) is 2.70. The highest BCUT2D eigenvalue weighted by molar-refractivity contribution is 7.80. The molecule has 0 saturated heterocycles. The minimum atomic E-state index is -1.95. The predicted octanol–water partition coefficient (Wildman–Crippen LogP) is 4.66. The molecule has 2 aromatic rings. The van der Waals surface area contributed by atoms with Crippen molar-refractivity contribution < 1.29 is 9.72 Å². The molecule has 0 fully saturated rings. The van der Waals surface area contributed by atoms with Crippen molar-refractivity contribution in [1.29, 1.82) is 0 Å². The zero-order chi connectivity index (χ0) is 20.9. The number of carbonyl (C=O) groups is 1. The van der Waals surface area contributed by atoms with Crippen LogP contribution in [0.5, 0.6) is 0 Å². The number of nitro groups is 1. The average molecular weight is 482 g/mol. The van der Waals surface area contributed by atoms with Gasteiger partial charge in [-0.3, -0.25) is 14.9 Å². The molecule has 0 bridgehead atoms. The van der Waals surface area contributed by atoms with Gasteiger partial charge in [0.1, 0.15) is 6.17 Å². The van der Waals surface area contributed by atoms with Crippen LogP contribution in [0.1, 0.15) is 10.4 Å². The molecule has 2 rings (SSSR count). The van der Waals surface area contributed by atoms with Crippen molar-refractivity contribution in [3.8, 4) is 0 Å². The van der Waals surface area contributed by atoms with Crippen LogP contribution in [-0.4, -0.2) is 25.9 Å².